The van der Waals surface area contributed by atoms with E-state index in [1.165, 1.54) is 30.2 Å². The average molecular weight is 336 g/mol. The van der Waals surface area contributed by atoms with Gasteiger partial charge in [-0.1, -0.05) is 18.2 Å². The van der Waals surface area contributed by atoms with Crippen LogP contribution in [0.25, 0.3) is 21.8 Å². The minimum Gasteiger partial charge on any atom is -0.462 e. The summed E-state index contributed by atoms with van der Waals surface area (Å²) in [4.78, 5) is 15.0. The molecular weight excluding hydrogens is 312 g/mol. The van der Waals surface area contributed by atoms with Crippen molar-refractivity contribution in [2.45, 2.75) is 26.2 Å². The minimum atomic E-state index is -0.224. The highest BCUT2D eigenvalue weighted by molar-refractivity contribution is 6.12. The number of ether oxygens (including phenoxy) is 1. The summed E-state index contributed by atoms with van der Waals surface area (Å²) >= 11 is 0. The van der Waals surface area contributed by atoms with Gasteiger partial charge in [0.1, 0.15) is 0 Å². The Labute approximate surface area is 148 Å². The van der Waals surface area contributed by atoms with Gasteiger partial charge < -0.3 is 14.2 Å². The smallest absolute Gasteiger partial charge is 0.340 e. The van der Waals surface area contributed by atoms with Gasteiger partial charge in [0.2, 0.25) is 0 Å². The molecule has 3 aromatic rings. The second-order valence-electron chi connectivity index (χ2n) is 6.73. The van der Waals surface area contributed by atoms with E-state index in [2.05, 4.69) is 40.8 Å². The zero-order chi connectivity index (χ0) is 17.4. The number of nitrogens with zero attached hydrogens (tertiary/aromatic N) is 2. The van der Waals surface area contributed by atoms with E-state index in [0.717, 1.165) is 29.7 Å². The number of anilines is 1. The van der Waals surface area contributed by atoms with Crippen LogP contribution in [0.2, 0.25) is 0 Å². The molecule has 2 aromatic carbocycles. The van der Waals surface area contributed by atoms with Crippen molar-refractivity contribution in [3.63, 3.8) is 0 Å². The molecule has 2 heterocycles. The number of aromatic nitrogens is 1. The maximum absolute atomic E-state index is 12.6. The third kappa shape index (κ3) is 2.66. The largest absolute Gasteiger partial charge is 0.462 e. The third-order valence-corrected chi connectivity index (χ3v) is 5.22. The Balaban J connectivity index is 1.97. The molecule has 0 radical (unpaired) electrons. The molecule has 1 fully saturated rings. The third-order valence-electron chi connectivity index (χ3n) is 5.22. The second-order valence-corrected chi connectivity index (χ2v) is 6.73. The van der Waals surface area contributed by atoms with Crippen LogP contribution < -0.4 is 4.90 Å². The quantitative estimate of drug-likeness (QED) is 0.661. The second kappa shape index (κ2) is 6.43. The molecule has 0 N–H and O–H groups in total. The number of hydrogen-bond donors (Lipinski definition) is 0. The molecule has 0 bridgehead atoms. The maximum Gasteiger partial charge on any atom is 0.340 e. The number of hydrogen-bond acceptors (Lipinski definition) is 3. The van der Waals surface area contributed by atoms with Gasteiger partial charge in [0.05, 0.1) is 23.4 Å². The van der Waals surface area contributed by atoms with E-state index in [1.807, 2.05) is 19.1 Å². The lowest BCUT2D eigenvalue weighted by molar-refractivity contribution is 0.0527. The highest BCUT2D eigenvalue weighted by Crippen LogP contribution is 2.35. The van der Waals surface area contributed by atoms with E-state index in [-0.39, 0.29) is 5.97 Å². The van der Waals surface area contributed by atoms with Crippen LogP contribution in [0.4, 0.5) is 5.69 Å². The van der Waals surface area contributed by atoms with Gasteiger partial charge in [0.15, 0.2) is 0 Å². The Bertz CT molecular complexity index is 936. The molecule has 0 amide bonds. The molecule has 130 valence electrons. The Kier molecular flexibility index (Phi) is 4.12. The van der Waals surface area contributed by atoms with Gasteiger partial charge >= 0.3 is 5.97 Å². The van der Waals surface area contributed by atoms with Crippen molar-refractivity contribution in [2.24, 2.45) is 7.05 Å². The molecule has 0 spiro atoms. The van der Waals surface area contributed by atoms with Crippen molar-refractivity contribution < 1.29 is 9.53 Å². The molecule has 4 rings (SSSR count). The molecule has 1 aliphatic rings. The van der Waals surface area contributed by atoms with Gasteiger partial charge in [-0.2, -0.15) is 0 Å². The van der Waals surface area contributed by atoms with Crippen molar-refractivity contribution in [3.8, 4) is 0 Å². The molecule has 1 aliphatic heterocycles. The van der Waals surface area contributed by atoms with E-state index < -0.39 is 0 Å². The number of carbonyl (C=O) groups is 1. The first kappa shape index (κ1) is 16.0. The van der Waals surface area contributed by atoms with Crippen LogP contribution in [-0.2, 0) is 11.8 Å². The fourth-order valence-corrected chi connectivity index (χ4v) is 3.96. The Morgan fingerprint density at radius 1 is 1.04 bits per heavy atom. The lowest BCUT2D eigenvalue weighted by atomic mass is 10.0. The lowest BCUT2D eigenvalue weighted by Gasteiger charge is -2.30. The molecule has 4 nitrogen and oxygen atoms in total. The number of carbonyl (C=O) groups excluding carboxylic acids is 1. The number of benzene rings is 2. The van der Waals surface area contributed by atoms with Gasteiger partial charge in [0, 0.05) is 36.4 Å². The summed E-state index contributed by atoms with van der Waals surface area (Å²) < 4.78 is 7.57. The highest BCUT2D eigenvalue weighted by atomic mass is 16.5. The Morgan fingerprint density at radius 2 is 1.80 bits per heavy atom. The van der Waals surface area contributed by atoms with Crippen molar-refractivity contribution in [1.82, 2.24) is 4.57 Å². The summed E-state index contributed by atoms with van der Waals surface area (Å²) in [5, 5.41) is 2.29. The first-order valence-corrected chi connectivity index (χ1v) is 9.14. The van der Waals surface area contributed by atoms with Gasteiger partial charge in [-0.3, -0.25) is 0 Å². The Hall–Kier alpha value is -2.49. The highest BCUT2D eigenvalue weighted by Gasteiger charge is 2.22. The fraction of sp³-hybridized carbons (Fsp3) is 0.381. The first-order valence-electron chi connectivity index (χ1n) is 9.14. The number of rotatable bonds is 3. The summed E-state index contributed by atoms with van der Waals surface area (Å²) in [5.41, 5.74) is 4.04. The van der Waals surface area contributed by atoms with E-state index in [4.69, 9.17) is 4.74 Å². The number of para-hydroxylation sites is 1. The van der Waals surface area contributed by atoms with E-state index in [0.29, 0.717) is 12.2 Å². The van der Waals surface area contributed by atoms with Crippen LogP contribution in [0.1, 0.15) is 36.5 Å². The molecule has 1 saturated heterocycles. The predicted octanol–water partition coefficient (Wildman–Crippen LogP) is 4.50. The summed E-state index contributed by atoms with van der Waals surface area (Å²) in [5.74, 6) is -0.224. The Morgan fingerprint density at radius 3 is 2.56 bits per heavy atom. The zero-order valence-electron chi connectivity index (χ0n) is 14.9. The predicted molar refractivity (Wildman–Crippen MR) is 102 cm³/mol. The van der Waals surface area contributed by atoms with Crippen molar-refractivity contribution in [1.29, 1.82) is 0 Å². The van der Waals surface area contributed by atoms with Crippen LogP contribution in [0.5, 0.6) is 0 Å². The van der Waals surface area contributed by atoms with Crippen LogP contribution >= 0.6 is 0 Å². The molecule has 0 atom stereocenters. The van der Waals surface area contributed by atoms with Gasteiger partial charge in [-0.15, -0.1) is 0 Å². The monoisotopic (exact) mass is 336 g/mol. The van der Waals surface area contributed by atoms with E-state index in [1.54, 1.807) is 0 Å². The first-order chi connectivity index (χ1) is 12.2. The summed E-state index contributed by atoms with van der Waals surface area (Å²) in [6.45, 7) is 4.25. The topological polar surface area (TPSA) is 34.5 Å². The molecule has 1 aromatic heterocycles. The SMILES string of the molecule is CCOC(=O)c1cc2c3ccccc3n(C)c2cc1N1CCCCC1. The number of fused-ring (bicyclic) bond motifs is 3. The standard InChI is InChI=1S/C21H24N2O2/c1-3-25-21(24)17-13-16-15-9-5-6-10-18(15)22(2)19(16)14-20(17)23-11-7-4-8-12-23/h5-6,9-10,13-14H,3-4,7-8,11-12H2,1-2H3. The van der Waals surface area contributed by atoms with Crippen molar-refractivity contribution >= 4 is 33.5 Å². The lowest BCUT2D eigenvalue weighted by Crippen LogP contribution is -2.31. The summed E-state index contributed by atoms with van der Waals surface area (Å²) in [6, 6.07) is 12.5. The molecular formula is C21H24N2O2. The van der Waals surface area contributed by atoms with Crippen molar-refractivity contribution in [2.75, 3.05) is 24.6 Å². The van der Waals surface area contributed by atoms with Gasteiger partial charge in [0.25, 0.3) is 0 Å². The van der Waals surface area contributed by atoms with Crippen LogP contribution in [0.3, 0.4) is 0 Å². The van der Waals surface area contributed by atoms with Gasteiger partial charge in [-0.05, 0) is 44.4 Å². The number of piperidine rings is 1. The number of esters is 1. The van der Waals surface area contributed by atoms with Crippen LogP contribution in [-0.4, -0.2) is 30.2 Å². The molecule has 4 heteroatoms. The maximum atomic E-state index is 12.6. The molecule has 0 unspecified atom stereocenters. The van der Waals surface area contributed by atoms with E-state index in [9.17, 15) is 4.79 Å². The van der Waals surface area contributed by atoms with Gasteiger partial charge in [-0.25, -0.2) is 4.79 Å². The molecule has 0 saturated carbocycles. The number of aryl methyl sites for hydroxylation is 1. The van der Waals surface area contributed by atoms with E-state index >= 15 is 0 Å². The normalized spacial score (nSPS) is 15.0. The average Bonchev–Trinajstić information content (AvgIpc) is 2.94. The zero-order valence-corrected chi connectivity index (χ0v) is 14.9. The fourth-order valence-electron chi connectivity index (χ4n) is 3.96. The minimum absolute atomic E-state index is 0.224. The van der Waals surface area contributed by atoms with Crippen LogP contribution in [0.15, 0.2) is 36.4 Å². The van der Waals surface area contributed by atoms with Crippen LogP contribution in [0, 0.1) is 0 Å². The molecule has 0 aliphatic carbocycles. The van der Waals surface area contributed by atoms with Crippen molar-refractivity contribution in [3.05, 3.63) is 42.0 Å². The summed E-state index contributed by atoms with van der Waals surface area (Å²) in [7, 11) is 2.09. The molecule has 25 heavy (non-hydrogen) atoms. The summed E-state index contributed by atoms with van der Waals surface area (Å²) in [6.07, 6.45) is 3.62.